The van der Waals surface area contributed by atoms with Crippen molar-refractivity contribution >= 4 is 6.08 Å². The molecule has 0 unspecified atom stereocenters. The van der Waals surface area contributed by atoms with E-state index in [-0.39, 0.29) is 6.61 Å². The molecule has 1 N–H and O–H groups in total. The summed E-state index contributed by atoms with van der Waals surface area (Å²) in [6.45, 7) is 2.36. The van der Waals surface area contributed by atoms with Gasteiger partial charge in [-0.3, -0.25) is 4.79 Å². The van der Waals surface area contributed by atoms with Gasteiger partial charge in [0.25, 0.3) is 5.56 Å². The Bertz CT molecular complexity index is 960. The Kier molecular flexibility index (Phi) is 5.94. The molecule has 27 heavy (non-hydrogen) atoms. The van der Waals surface area contributed by atoms with E-state index in [9.17, 15) is 10.0 Å². The predicted octanol–water partition coefficient (Wildman–Crippen LogP) is 4.07. The molecule has 0 aliphatic heterocycles. The number of hydrogen-bond donors (Lipinski definition) is 1. The SMILES string of the molecule is Cc1ccn(O)c(=O)c1COc1ccc(OCC=Cc2ccccc2)cc1. The van der Waals surface area contributed by atoms with Crippen LogP contribution in [0.4, 0.5) is 0 Å². The molecule has 0 fully saturated rings. The Morgan fingerprint density at radius 1 is 0.963 bits per heavy atom. The number of ether oxygens (including phenoxy) is 2. The third-order valence-corrected chi connectivity index (χ3v) is 4.07. The summed E-state index contributed by atoms with van der Waals surface area (Å²) >= 11 is 0. The summed E-state index contributed by atoms with van der Waals surface area (Å²) in [6, 6.07) is 18.9. The summed E-state index contributed by atoms with van der Waals surface area (Å²) in [7, 11) is 0. The predicted molar refractivity (Wildman–Crippen MR) is 104 cm³/mol. The largest absolute Gasteiger partial charge is 0.490 e. The molecule has 0 saturated heterocycles. The van der Waals surface area contributed by atoms with Crippen LogP contribution in [0.3, 0.4) is 0 Å². The molecule has 0 spiro atoms. The maximum Gasteiger partial charge on any atom is 0.289 e. The lowest BCUT2D eigenvalue weighted by atomic mass is 10.2. The van der Waals surface area contributed by atoms with Crippen LogP contribution in [0.15, 0.2) is 77.7 Å². The summed E-state index contributed by atoms with van der Waals surface area (Å²) in [5.74, 6) is 1.35. The Labute approximate surface area is 157 Å². The molecule has 138 valence electrons. The molecule has 1 heterocycles. The van der Waals surface area contributed by atoms with Gasteiger partial charge >= 0.3 is 0 Å². The van der Waals surface area contributed by atoms with Crippen molar-refractivity contribution in [1.82, 2.24) is 4.73 Å². The summed E-state index contributed by atoms with van der Waals surface area (Å²) in [5.41, 5.74) is 1.85. The molecule has 0 atom stereocenters. The highest BCUT2D eigenvalue weighted by Gasteiger charge is 2.08. The third kappa shape index (κ3) is 5.01. The second-order valence-electron chi connectivity index (χ2n) is 6.01. The Hall–Kier alpha value is -3.47. The van der Waals surface area contributed by atoms with Crippen LogP contribution < -0.4 is 15.0 Å². The lowest BCUT2D eigenvalue weighted by Gasteiger charge is -2.10. The van der Waals surface area contributed by atoms with Gasteiger partial charge in [0.05, 0.1) is 5.56 Å². The molecule has 0 aliphatic rings. The van der Waals surface area contributed by atoms with Crippen LogP contribution in [0.5, 0.6) is 11.5 Å². The topological polar surface area (TPSA) is 60.7 Å². The van der Waals surface area contributed by atoms with Gasteiger partial charge in [-0.1, -0.05) is 36.4 Å². The van der Waals surface area contributed by atoms with Crippen molar-refractivity contribution in [1.29, 1.82) is 0 Å². The summed E-state index contributed by atoms with van der Waals surface area (Å²) < 4.78 is 11.9. The summed E-state index contributed by atoms with van der Waals surface area (Å²) in [5, 5.41) is 9.46. The molecule has 2 aromatic carbocycles. The number of aromatic nitrogens is 1. The fourth-order valence-corrected chi connectivity index (χ4v) is 2.51. The van der Waals surface area contributed by atoms with Gasteiger partial charge in [0, 0.05) is 6.20 Å². The van der Waals surface area contributed by atoms with Gasteiger partial charge in [-0.25, -0.2) is 0 Å². The average Bonchev–Trinajstić information content (AvgIpc) is 2.70. The lowest BCUT2D eigenvalue weighted by Crippen LogP contribution is -2.23. The van der Waals surface area contributed by atoms with Gasteiger partial charge in [0.2, 0.25) is 0 Å². The monoisotopic (exact) mass is 363 g/mol. The van der Waals surface area contributed by atoms with Gasteiger partial charge in [-0.15, -0.1) is 0 Å². The van der Waals surface area contributed by atoms with E-state index in [4.69, 9.17) is 9.47 Å². The first-order valence-corrected chi connectivity index (χ1v) is 8.61. The van der Waals surface area contributed by atoms with E-state index in [1.807, 2.05) is 54.6 Å². The van der Waals surface area contributed by atoms with E-state index in [2.05, 4.69) is 0 Å². The first-order valence-electron chi connectivity index (χ1n) is 8.61. The average molecular weight is 363 g/mol. The van der Waals surface area contributed by atoms with Crippen LogP contribution >= 0.6 is 0 Å². The maximum atomic E-state index is 11.9. The van der Waals surface area contributed by atoms with E-state index in [0.717, 1.165) is 16.9 Å². The van der Waals surface area contributed by atoms with Crippen LogP contribution in [0.1, 0.15) is 16.7 Å². The van der Waals surface area contributed by atoms with Crippen LogP contribution in [0.2, 0.25) is 0 Å². The molecular formula is C22H21NO4. The Balaban J connectivity index is 1.53. The first kappa shape index (κ1) is 18.3. The van der Waals surface area contributed by atoms with Crippen LogP contribution in [-0.2, 0) is 6.61 Å². The van der Waals surface area contributed by atoms with Crippen molar-refractivity contribution in [2.45, 2.75) is 13.5 Å². The number of aryl methyl sites for hydroxylation is 1. The molecule has 5 nitrogen and oxygen atoms in total. The highest BCUT2D eigenvalue weighted by atomic mass is 16.5. The molecule has 0 radical (unpaired) electrons. The van der Waals surface area contributed by atoms with Crippen molar-refractivity contribution < 1.29 is 14.7 Å². The Morgan fingerprint density at radius 3 is 2.33 bits per heavy atom. The number of pyridine rings is 1. The maximum absolute atomic E-state index is 11.9. The molecule has 0 aliphatic carbocycles. The smallest absolute Gasteiger partial charge is 0.289 e. The number of nitrogens with zero attached hydrogens (tertiary/aromatic N) is 1. The molecule has 0 amide bonds. The third-order valence-electron chi connectivity index (χ3n) is 4.07. The zero-order valence-corrected chi connectivity index (χ0v) is 15.0. The highest BCUT2D eigenvalue weighted by Crippen LogP contribution is 2.19. The van der Waals surface area contributed by atoms with E-state index in [1.165, 1.54) is 6.20 Å². The van der Waals surface area contributed by atoms with Crippen molar-refractivity contribution in [3.05, 3.63) is 100.0 Å². The van der Waals surface area contributed by atoms with Crippen molar-refractivity contribution in [3.8, 4) is 11.5 Å². The van der Waals surface area contributed by atoms with Gasteiger partial charge in [-0.05, 0) is 54.5 Å². The number of hydrogen-bond acceptors (Lipinski definition) is 4. The normalized spacial score (nSPS) is 10.9. The molecule has 3 aromatic rings. The highest BCUT2D eigenvalue weighted by molar-refractivity contribution is 5.48. The molecule has 3 rings (SSSR count). The van der Waals surface area contributed by atoms with Crippen LogP contribution in [0, 0.1) is 6.92 Å². The van der Waals surface area contributed by atoms with Crippen molar-refractivity contribution in [2.75, 3.05) is 6.61 Å². The second kappa shape index (κ2) is 8.76. The molecule has 0 bridgehead atoms. The van der Waals surface area contributed by atoms with Crippen LogP contribution in [-0.4, -0.2) is 16.5 Å². The Morgan fingerprint density at radius 2 is 1.63 bits per heavy atom. The van der Waals surface area contributed by atoms with E-state index in [0.29, 0.717) is 22.7 Å². The minimum atomic E-state index is -0.472. The standard InChI is InChI=1S/C22H21NO4/c1-17-13-14-23(25)22(24)21(17)16-27-20-11-9-19(10-12-20)26-15-5-8-18-6-3-2-4-7-18/h2-14,25H,15-16H2,1H3. The lowest BCUT2D eigenvalue weighted by molar-refractivity contribution is 0.171. The minimum absolute atomic E-state index is 0.0894. The number of rotatable bonds is 7. The van der Waals surface area contributed by atoms with E-state index < -0.39 is 5.56 Å². The number of benzene rings is 2. The first-order chi connectivity index (χ1) is 13.1. The fourth-order valence-electron chi connectivity index (χ4n) is 2.51. The molecule has 5 heteroatoms. The van der Waals surface area contributed by atoms with Gasteiger partial charge in [0.1, 0.15) is 24.7 Å². The van der Waals surface area contributed by atoms with Crippen LogP contribution in [0.25, 0.3) is 6.08 Å². The van der Waals surface area contributed by atoms with Crippen molar-refractivity contribution in [3.63, 3.8) is 0 Å². The van der Waals surface area contributed by atoms with E-state index in [1.54, 1.807) is 25.1 Å². The summed E-state index contributed by atoms with van der Waals surface area (Å²) in [4.78, 5) is 11.9. The van der Waals surface area contributed by atoms with Gasteiger partial charge in [-0.2, -0.15) is 4.73 Å². The fraction of sp³-hybridized carbons (Fsp3) is 0.136. The van der Waals surface area contributed by atoms with Gasteiger partial charge < -0.3 is 14.7 Å². The minimum Gasteiger partial charge on any atom is -0.490 e. The molecule has 1 aromatic heterocycles. The zero-order chi connectivity index (χ0) is 19.1. The quantitative estimate of drug-likeness (QED) is 0.643. The molecular weight excluding hydrogens is 342 g/mol. The van der Waals surface area contributed by atoms with E-state index >= 15 is 0 Å². The molecule has 0 saturated carbocycles. The summed E-state index contributed by atoms with van der Waals surface area (Å²) in [6.07, 6.45) is 5.28. The van der Waals surface area contributed by atoms with Gasteiger partial charge in [0.15, 0.2) is 0 Å². The second-order valence-corrected chi connectivity index (χ2v) is 6.01. The van der Waals surface area contributed by atoms with Crippen molar-refractivity contribution in [2.24, 2.45) is 0 Å². The zero-order valence-electron chi connectivity index (χ0n) is 15.0.